The van der Waals surface area contributed by atoms with Crippen LogP contribution in [0.15, 0.2) is 40.1 Å². The largest absolute Gasteiger partial charge is 0.357 e. The molecule has 0 radical (unpaired) electrons. The summed E-state index contributed by atoms with van der Waals surface area (Å²) in [5.74, 6) is 1.77. The van der Waals surface area contributed by atoms with E-state index in [9.17, 15) is 4.79 Å². The van der Waals surface area contributed by atoms with Crippen molar-refractivity contribution >= 4 is 5.96 Å². The van der Waals surface area contributed by atoms with Crippen molar-refractivity contribution in [1.82, 2.24) is 25.0 Å². The van der Waals surface area contributed by atoms with Gasteiger partial charge in [0.2, 0.25) is 0 Å². The van der Waals surface area contributed by atoms with Crippen molar-refractivity contribution in [3.8, 4) is 0 Å². The maximum Gasteiger partial charge on any atom is 0.345 e. The molecule has 0 saturated carbocycles. The highest BCUT2D eigenvalue weighted by Crippen LogP contribution is 2.09. The second-order valence-corrected chi connectivity index (χ2v) is 7.71. The van der Waals surface area contributed by atoms with E-state index in [1.807, 2.05) is 10.6 Å². The molecule has 29 heavy (non-hydrogen) atoms. The van der Waals surface area contributed by atoms with Crippen molar-refractivity contribution in [2.75, 3.05) is 13.1 Å². The van der Waals surface area contributed by atoms with Crippen LogP contribution in [0, 0.1) is 0 Å². The van der Waals surface area contributed by atoms with Gasteiger partial charge < -0.3 is 10.6 Å². The van der Waals surface area contributed by atoms with Gasteiger partial charge in [-0.15, -0.1) is 0 Å². The van der Waals surface area contributed by atoms with Crippen LogP contribution in [0.5, 0.6) is 0 Å². The van der Waals surface area contributed by atoms with Gasteiger partial charge in [0.15, 0.2) is 5.96 Å². The summed E-state index contributed by atoms with van der Waals surface area (Å²) in [4.78, 5) is 17.1. The van der Waals surface area contributed by atoms with Crippen LogP contribution in [0.3, 0.4) is 0 Å². The minimum Gasteiger partial charge on any atom is -0.357 e. The first-order valence-corrected chi connectivity index (χ1v) is 10.9. The summed E-state index contributed by atoms with van der Waals surface area (Å²) in [7, 11) is 0. The smallest absolute Gasteiger partial charge is 0.345 e. The molecule has 0 saturated heterocycles. The van der Waals surface area contributed by atoms with Crippen molar-refractivity contribution < 1.29 is 0 Å². The molecular weight excluding hydrogens is 364 g/mol. The molecule has 0 amide bonds. The lowest BCUT2D eigenvalue weighted by Gasteiger charge is -2.18. The number of nitrogens with zero attached hydrogens (tertiary/aromatic N) is 4. The number of benzene rings is 1. The third-order valence-corrected chi connectivity index (χ3v) is 5.27. The fourth-order valence-corrected chi connectivity index (χ4v) is 3.66. The monoisotopic (exact) mass is 398 g/mol. The predicted octanol–water partition coefficient (Wildman–Crippen LogP) is 2.35. The van der Waals surface area contributed by atoms with Crippen LogP contribution in [0.4, 0.5) is 0 Å². The summed E-state index contributed by atoms with van der Waals surface area (Å²) < 4.78 is 3.44. The zero-order valence-corrected chi connectivity index (χ0v) is 17.7. The molecule has 1 aliphatic heterocycles. The molecule has 1 aromatic heterocycles. The van der Waals surface area contributed by atoms with Crippen LogP contribution in [0.2, 0.25) is 0 Å². The number of hydrogen-bond donors (Lipinski definition) is 2. The summed E-state index contributed by atoms with van der Waals surface area (Å²) >= 11 is 0. The number of nitrogens with one attached hydrogen (secondary N) is 2. The van der Waals surface area contributed by atoms with E-state index in [0.717, 1.165) is 63.4 Å². The Bertz CT molecular complexity index is 839. The number of guanidine groups is 1. The number of aliphatic imine (C=N–C) groups is 1. The van der Waals surface area contributed by atoms with E-state index in [1.165, 1.54) is 5.56 Å². The van der Waals surface area contributed by atoms with Gasteiger partial charge in [-0.25, -0.2) is 9.48 Å². The summed E-state index contributed by atoms with van der Waals surface area (Å²) in [6, 6.07) is 10.9. The number of aromatic nitrogens is 3. The Morgan fingerprint density at radius 1 is 1.28 bits per heavy atom. The van der Waals surface area contributed by atoms with Gasteiger partial charge in [-0.05, 0) is 51.5 Å². The fourth-order valence-electron chi connectivity index (χ4n) is 3.66. The SMILES string of the molecule is CCNC(=NCCCn1nc2n(c1=O)CCCC2)NC(C)CCc1ccccc1. The van der Waals surface area contributed by atoms with Gasteiger partial charge in [0.05, 0.1) is 0 Å². The Balaban J connectivity index is 1.46. The molecule has 2 N–H and O–H groups in total. The molecule has 1 aromatic carbocycles. The van der Waals surface area contributed by atoms with Gasteiger partial charge in [-0.2, -0.15) is 5.10 Å². The van der Waals surface area contributed by atoms with Crippen LogP contribution in [-0.4, -0.2) is 39.4 Å². The quantitative estimate of drug-likeness (QED) is 0.386. The van der Waals surface area contributed by atoms with Gasteiger partial charge in [0.25, 0.3) is 0 Å². The predicted molar refractivity (Wildman–Crippen MR) is 117 cm³/mol. The molecule has 7 heteroatoms. The molecule has 3 rings (SSSR count). The van der Waals surface area contributed by atoms with Gasteiger partial charge in [-0.3, -0.25) is 9.56 Å². The Labute approximate surface area is 173 Å². The lowest BCUT2D eigenvalue weighted by atomic mass is 10.1. The summed E-state index contributed by atoms with van der Waals surface area (Å²) in [5.41, 5.74) is 1.39. The highest BCUT2D eigenvalue weighted by molar-refractivity contribution is 5.80. The third-order valence-electron chi connectivity index (χ3n) is 5.27. The second-order valence-electron chi connectivity index (χ2n) is 7.71. The first-order valence-electron chi connectivity index (χ1n) is 10.9. The molecule has 2 aromatic rings. The van der Waals surface area contributed by atoms with Crippen LogP contribution in [-0.2, 0) is 25.9 Å². The second kappa shape index (κ2) is 10.8. The molecule has 1 aliphatic rings. The van der Waals surface area contributed by atoms with Gasteiger partial charge in [0.1, 0.15) is 5.82 Å². The first-order chi connectivity index (χ1) is 14.2. The van der Waals surface area contributed by atoms with Crippen LogP contribution in [0.25, 0.3) is 0 Å². The molecule has 1 atom stereocenters. The Morgan fingerprint density at radius 2 is 2.10 bits per heavy atom. The van der Waals surface area contributed by atoms with Crippen molar-refractivity contribution in [2.45, 2.75) is 71.5 Å². The van der Waals surface area contributed by atoms with E-state index in [-0.39, 0.29) is 5.69 Å². The van der Waals surface area contributed by atoms with Crippen molar-refractivity contribution in [2.24, 2.45) is 4.99 Å². The van der Waals surface area contributed by atoms with Crippen LogP contribution >= 0.6 is 0 Å². The Kier molecular flexibility index (Phi) is 7.90. The fraction of sp³-hybridized carbons (Fsp3) is 0.591. The molecule has 0 aliphatic carbocycles. The molecule has 1 unspecified atom stereocenters. The zero-order valence-electron chi connectivity index (χ0n) is 17.7. The van der Waals surface area contributed by atoms with E-state index in [4.69, 9.17) is 0 Å². The molecule has 0 fully saturated rings. The van der Waals surface area contributed by atoms with Crippen molar-refractivity contribution in [3.63, 3.8) is 0 Å². The lowest BCUT2D eigenvalue weighted by Crippen LogP contribution is -2.42. The zero-order chi connectivity index (χ0) is 20.5. The van der Waals surface area contributed by atoms with E-state index in [2.05, 4.69) is 58.8 Å². The van der Waals surface area contributed by atoms with Crippen molar-refractivity contribution in [1.29, 1.82) is 0 Å². The Hall–Kier alpha value is -2.57. The third kappa shape index (κ3) is 6.21. The molecule has 2 heterocycles. The lowest BCUT2D eigenvalue weighted by molar-refractivity contribution is 0.509. The van der Waals surface area contributed by atoms with E-state index < -0.39 is 0 Å². The van der Waals surface area contributed by atoms with E-state index in [1.54, 1.807) is 4.68 Å². The van der Waals surface area contributed by atoms with E-state index >= 15 is 0 Å². The number of aryl methyl sites for hydroxylation is 3. The molecular formula is C22H34N6O. The minimum absolute atomic E-state index is 0.0308. The van der Waals surface area contributed by atoms with Gasteiger partial charge >= 0.3 is 5.69 Å². The molecule has 7 nitrogen and oxygen atoms in total. The minimum atomic E-state index is 0.0308. The standard InChI is InChI=1S/C22H34N6O/c1-3-23-21(25-18(2)13-14-19-10-5-4-6-11-19)24-15-9-17-28-22(29)27-16-8-7-12-20(27)26-28/h4-6,10-11,18H,3,7-9,12-17H2,1-2H3,(H2,23,24,25). The first kappa shape index (κ1) is 21.1. The summed E-state index contributed by atoms with van der Waals surface area (Å²) in [6.07, 6.45) is 6.00. The highest BCUT2D eigenvalue weighted by Gasteiger charge is 2.16. The average molecular weight is 399 g/mol. The number of fused-ring (bicyclic) bond motifs is 1. The van der Waals surface area contributed by atoms with Crippen LogP contribution < -0.4 is 16.3 Å². The highest BCUT2D eigenvalue weighted by atomic mass is 16.2. The van der Waals surface area contributed by atoms with Gasteiger partial charge in [0, 0.05) is 38.6 Å². The van der Waals surface area contributed by atoms with Crippen LogP contribution in [0.1, 0.15) is 50.9 Å². The molecule has 158 valence electrons. The molecule has 0 spiro atoms. The van der Waals surface area contributed by atoms with Crippen molar-refractivity contribution in [3.05, 3.63) is 52.2 Å². The Morgan fingerprint density at radius 3 is 2.86 bits per heavy atom. The maximum atomic E-state index is 12.4. The summed E-state index contributed by atoms with van der Waals surface area (Å²) in [6.45, 7) is 7.17. The summed E-state index contributed by atoms with van der Waals surface area (Å²) in [5, 5.41) is 11.3. The average Bonchev–Trinajstić information content (AvgIpc) is 3.06. The number of rotatable bonds is 9. The van der Waals surface area contributed by atoms with Gasteiger partial charge in [-0.1, -0.05) is 30.3 Å². The molecule has 0 bridgehead atoms. The number of hydrogen-bond acceptors (Lipinski definition) is 3. The topological polar surface area (TPSA) is 76.2 Å². The normalized spacial score (nSPS) is 15.0. The van der Waals surface area contributed by atoms with E-state index in [0.29, 0.717) is 19.1 Å². The maximum absolute atomic E-state index is 12.4.